The van der Waals surface area contributed by atoms with Gasteiger partial charge in [0, 0.05) is 11.1 Å². The van der Waals surface area contributed by atoms with E-state index >= 15 is 0 Å². The minimum atomic E-state index is -1.15. The molecule has 0 bridgehead atoms. The number of aryl methyl sites for hydroxylation is 1. The third-order valence-corrected chi connectivity index (χ3v) is 4.56. The molecule has 1 aromatic heterocycles. The van der Waals surface area contributed by atoms with Crippen molar-refractivity contribution < 1.29 is 14.7 Å². The molecule has 0 atom stereocenters. The number of aliphatic carboxylic acids is 1. The summed E-state index contributed by atoms with van der Waals surface area (Å²) in [5.41, 5.74) is 0.819. The van der Waals surface area contributed by atoms with Crippen LogP contribution in [0.25, 0.3) is 10.9 Å². The lowest BCUT2D eigenvalue weighted by atomic mass is 9.81. The summed E-state index contributed by atoms with van der Waals surface area (Å²) < 4.78 is 0. The van der Waals surface area contributed by atoms with E-state index in [9.17, 15) is 14.7 Å². The molecule has 0 saturated heterocycles. The Balaban J connectivity index is 1.98. The zero-order chi connectivity index (χ0) is 16.4. The van der Waals surface area contributed by atoms with E-state index in [2.05, 4.69) is 10.3 Å². The number of carboxylic acids is 1. The second-order valence-corrected chi connectivity index (χ2v) is 6.23. The first-order valence-corrected chi connectivity index (χ1v) is 7.94. The summed E-state index contributed by atoms with van der Waals surface area (Å²) in [4.78, 5) is 29.0. The number of rotatable bonds is 3. The number of hydrogen-bond donors (Lipinski definition) is 2. The molecule has 1 aliphatic rings. The van der Waals surface area contributed by atoms with Crippen LogP contribution in [0.2, 0.25) is 0 Å². The number of benzene rings is 1. The highest BCUT2D eigenvalue weighted by Gasteiger charge is 2.41. The Bertz CT molecular complexity index is 764. The lowest BCUT2D eigenvalue weighted by molar-refractivity contribution is -0.145. The van der Waals surface area contributed by atoms with Crippen LogP contribution in [0.1, 0.15) is 48.2 Å². The molecule has 1 saturated carbocycles. The molecule has 1 aromatic carbocycles. The summed E-state index contributed by atoms with van der Waals surface area (Å²) in [6, 6.07) is 9.13. The number of fused-ring (bicyclic) bond motifs is 1. The van der Waals surface area contributed by atoms with E-state index in [4.69, 9.17) is 0 Å². The maximum atomic E-state index is 12.8. The molecule has 2 aromatic rings. The standard InChI is InChI=1S/C18H20N2O3/c1-12-11-14(13-7-3-4-8-15(13)19-12)16(21)20-18(17(22)23)9-5-2-6-10-18/h3-4,7-8,11H,2,5-6,9-10H2,1H3,(H,20,21)(H,22,23). The van der Waals surface area contributed by atoms with Crippen molar-refractivity contribution in [3.63, 3.8) is 0 Å². The van der Waals surface area contributed by atoms with Crippen molar-refractivity contribution in [2.75, 3.05) is 0 Å². The number of hydrogen-bond acceptors (Lipinski definition) is 3. The largest absolute Gasteiger partial charge is 0.480 e. The van der Waals surface area contributed by atoms with Crippen molar-refractivity contribution in [3.05, 3.63) is 41.6 Å². The quantitative estimate of drug-likeness (QED) is 0.913. The van der Waals surface area contributed by atoms with Gasteiger partial charge >= 0.3 is 5.97 Å². The Morgan fingerprint density at radius 1 is 1.17 bits per heavy atom. The normalized spacial score (nSPS) is 16.9. The van der Waals surface area contributed by atoms with Crippen molar-refractivity contribution in [1.29, 1.82) is 0 Å². The van der Waals surface area contributed by atoms with E-state index in [1.165, 1.54) is 0 Å². The molecule has 0 aliphatic heterocycles. The minimum absolute atomic E-state index is 0.337. The third kappa shape index (κ3) is 2.91. The highest BCUT2D eigenvalue weighted by Crippen LogP contribution is 2.29. The molecule has 3 rings (SSSR count). The molecule has 1 fully saturated rings. The topological polar surface area (TPSA) is 79.3 Å². The first-order valence-electron chi connectivity index (χ1n) is 7.94. The number of nitrogens with zero attached hydrogens (tertiary/aromatic N) is 1. The molecule has 1 amide bonds. The van der Waals surface area contributed by atoms with Crippen LogP contribution >= 0.6 is 0 Å². The van der Waals surface area contributed by atoms with Gasteiger partial charge in [-0.15, -0.1) is 0 Å². The number of para-hydroxylation sites is 1. The number of carboxylic acid groups (broad SMARTS) is 1. The zero-order valence-electron chi connectivity index (χ0n) is 13.1. The smallest absolute Gasteiger partial charge is 0.329 e. The van der Waals surface area contributed by atoms with Crippen molar-refractivity contribution in [3.8, 4) is 0 Å². The summed E-state index contributed by atoms with van der Waals surface area (Å²) in [6.07, 6.45) is 3.62. The predicted octanol–water partition coefficient (Wildman–Crippen LogP) is 3.06. The van der Waals surface area contributed by atoms with Gasteiger partial charge in [-0.2, -0.15) is 0 Å². The Morgan fingerprint density at radius 2 is 1.87 bits per heavy atom. The fraction of sp³-hybridized carbons (Fsp3) is 0.389. The van der Waals surface area contributed by atoms with Crippen LogP contribution in [0, 0.1) is 6.92 Å². The first kappa shape index (κ1) is 15.5. The number of carbonyl (C=O) groups excluding carboxylic acids is 1. The minimum Gasteiger partial charge on any atom is -0.480 e. The summed E-state index contributed by atoms with van der Waals surface area (Å²) in [7, 11) is 0. The molecular weight excluding hydrogens is 292 g/mol. The molecule has 23 heavy (non-hydrogen) atoms. The monoisotopic (exact) mass is 312 g/mol. The van der Waals surface area contributed by atoms with Gasteiger partial charge in [0.1, 0.15) is 5.54 Å². The summed E-state index contributed by atoms with van der Waals surface area (Å²) >= 11 is 0. The van der Waals surface area contributed by atoms with Crippen LogP contribution in [0.15, 0.2) is 30.3 Å². The Morgan fingerprint density at radius 3 is 2.57 bits per heavy atom. The summed E-state index contributed by atoms with van der Waals surface area (Å²) in [5, 5.41) is 13.2. The molecule has 2 N–H and O–H groups in total. The fourth-order valence-corrected chi connectivity index (χ4v) is 3.33. The van der Waals surface area contributed by atoms with Gasteiger partial charge in [-0.3, -0.25) is 9.78 Å². The van der Waals surface area contributed by atoms with Crippen LogP contribution in [0.4, 0.5) is 0 Å². The van der Waals surface area contributed by atoms with E-state index < -0.39 is 11.5 Å². The van der Waals surface area contributed by atoms with Crippen molar-refractivity contribution in [1.82, 2.24) is 10.3 Å². The van der Waals surface area contributed by atoms with E-state index in [1.54, 1.807) is 6.07 Å². The second kappa shape index (κ2) is 5.99. The van der Waals surface area contributed by atoms with Gasteiger partial charge in [0.25, 0.3) is 5.91 Å². The van der Waals surface area contributed by atoms with Crippen LogP contribution in [0.3, 0.4) is 0 Å². The van der Waals surface area contributed by atoms with Gasteiger partial charge in [-0.05, 0) is 31.9 Å². The maximum Gasteiger partial charge on any atom is 0.329 e. The number of amides is 1. The zero-order valence-corrected chi connectivity index (χ0v) is 13.1. The molecule has 5 nitrogen and oxygen atoms in total. The third-order valence-electron chi connectivity index (χ3n) is 4.56. The lowest BCUT2D eigenvalue weighted by Crippen LogP contribution is -2.55. The van der Waals surface area contributed by atoms with Gasteiger partial charge in [0.05, 0.1) is 11.1 Å². The lowest BCUT2D eigenvalue weighted by Gasteiger charge is -2.34. The van der Waals surface area contributed by atoms with Crippen molar-refractivity contribution in [2.45, 2.75) is 44.6 Å². The molecule has 0 spiro atoms. The van der Waals surface area contributed by atoms with Gasteiger partial charge in [-0.25, -0.2) is 4.79 Å². The van der Waals surface area contributed by atoms with Crippen molar-refractivity contribution in [2.24, 2.45) is 0 Å². The number of aromatic nitrogens is 1. The van der Waals surface area contributed by atoms with E-state index in [-0.39, 0.29) is 5.91 Å². The molecule has 1 aliphatic carbocycles. The van der Waals surface area contributed by atoms with Gasteiger partial charge < -0.3 is 10.4 Å². The Labute approximate surface area is 134 Å². The fourth-order valence-electron chi connectivity index (χ4n) is 3.33. The average Bonchev–Trinajstić information content (AvgIpc) is 2.54. The molecule has 0 radical (unpaired) electrons. The summed E-state index contributed by atoms with van der Waals surface area (Å²) in [6.45, 7) is 1.83. The SMILES string of the molecule is Cc1cc(C(=O)NC2(C(=O)O)CCCCC2)c2ccccc2n1. The van der Waals surface area contributed by atoms with E-state index in [1.807, 2.05) is 31.2 Å². The number of carbonyl (C=O) groups is 2. The van der Waals surface area contributed by atoms with Gasteiger partial charge in [0.15, 0.2) is 0 Å². The molecule has 0 unspecified atom stereocenters. The summed E-state index contributed by atoms with van der Waals surface area (Å²) in [5.74, 6) is -1.28. The van der Waals surface area contributed by atoms with Crippen LogP contribution in [-0.2, 0) is 4.79 Å². The molecule has 1 heterocycles. The molecular formula is C18H20N2O3. The second-order valence-electron chi connectivity index (χ2n) is 6.23. The highest BCUT2D eigenvalue weighted by molar-refractivity contribution is 6.07. The predicted molar refractivity (Wildman–Crippen MR) is 87.4 cm³/mol. The average molecular weight is 312 g/mol. The van der Waals surface area contributed by atoms with E-state index in [0.29, 0.717) is 18.4 Å². The highest BCUT2D eigenvalue weighted by atomic mass is 16.4. The van der Waals surface area contributed by atoms with Gasteiger partial charge in [0.2, 0.25) is 0 Å². The van der Waals surface area contributed by atoms with Crippen LogP contribution in [-0.4, -0.2) is 27.5 Å². The van der Waals surface area contributed by atoms with Crippen LogP contribution in [0.5, 0.6) is 0 Å². The number of pyridine rings is 1. The Kier molecular flexibility index (Phi) is 4.03. The van der Waals surface area contributed by atoms with Crippen LogP contribution < -0.4 is 5.32 Å². The maximum absolute atomic E-state index is 12.8. The number of nitrogens with one attached hydrogen (secondary N) is 1. The Hall–Kier alpha value is -2.43. The molecule has 120 valence electrons. The van der Waals surface area contributed by atoms with Crippen molar-refractivity contribution >= 4 is 22.8 Å². The van der Waals surface area contributed by atoms with E-state index in [0.717, 1.165) is 35.9 Å². The first-order chi connectivity index (χ1) is 11.0. The molecule has 5 heteroatoms. The van der Waals surface area contributed by atoms with Gasteiger partial charge in [-0.1, -0.05) is 37.5 Å².